The predicted molar refractivity (Wildman–Crippen MR) is 55.0 cm³/mol. The molecule has 2 bridgehead atoms. The van der Waals surface area contributed by atoms with Crippen LogP contribution >= 0.6 is 0 Å². The molecule has 0 unspecified atom stereocenters. The highest BCUT2D eigenvalue weighted by atomic mass is 16.6. The van der Waals surface area contributed by atoms with Crippen LogP contribution in [0.1, 0.15) is 26.7 Å². The van der Waals surface area contributed by atoms with E-state index in [1.807, 2.05) is 0 Å². The molecular weight excluding hydrogens is 228 g/mol. The number of hydrogen-bond acceptors (Lipinski definition) is 6. The molecule has 0 aliphatic carbocycles. The molecule has 6 nitrogen and oxygen atoms in total. The van der Waals surface area contributed by atoms with Crippen LogP contribution in [0, 0.1) is 0 Å². The molecule has 0 aromatic rings. The van der Waals surface area contributed by atoms with Gasteiger partial charge in [0.2, 0.25) is 5.60 Å². The zero-order valence-corrected chi connectivity index (χ0v) is 10.1. The van der Waals surface area contributed by atoms with Gasteiger partial charge in [0.1, 0.15) is 11.7 Å². The van der Waals surface area contributed by atoms with Crippen LogP contribution in [0.5, 0.6) is 0 Å². The molecule has 0 radical (unpaired) electrons. The number of fused-ring (bicyclic) bond motifs is 2. The summed E-state index contributed by atoms with van der Waals surface area (Å²) in [6, 6.07) is 0. The maximum atomic E-state index is 11.7. The molecule has 2 saturated heterocycles. The molecule has 0 aromatic heterocycles. The summed E-state index contributed by atoms with van der Waals surface area (Å²) in [6.45, 7) is 3.09. The van der Waals surface area contributed by atoms with Crippen LogP contribution in [-0.2, 0) is 23.8 Å². The molecule has 2 aliphatic heterocycles. The van der Waals surface area contributed by atoms with E-state index >= 15 is 0 Å². The first-order valence-electron chi connectivity index (χ1n) is 5.50. The van der Waals surface area contributed by atoms with Gasteiger partial charge in [0.05, 0.1) is 7.11 Å². The van der Waals surface area contributed by atoms with Gasteiger partial charge in [0, 0.05) is 0 Å². The van der Waals surface area contributed by atoms with Crippen LogP contribution in [0.15, 0.2) is 0 Å². The first-order chi connectivity index (χ1) is 7.83. The summed E-state index contributed by atoms with van der Waals surface area (Å²) in [5, 5.41) is 9.84. The van der Waals surface area contributed by atoms with Crippen molar-refractivity contribution in [3.05, 3.63) is 0 Å². The van der Waals surface area contributed by atoms with E-state index in [0.29, 0.717) is 12.8 Å². The number of carbonyl (C=O) groups excluding carboxylic acids is 2. The smallest absolute Gasteiger partial charge is 0.352 e. The largest absolute Gasteiger partial charge is 0.466 e. The van der Waals surface area contributed by atoms with Gasteiger partial charge in [-0.05, 0) is 26.7 Å². The molecule has 1 N–H and O–H groups in total. The fourth-order valence-electron chi connectivity index (χ4n) is 2.41. The van der Waals surface area contributed by atoms with Gasteiger partial charge in [0.15, 0.2) is 6.10 Å². The summed E-state index contributed by atoms with van der Waals surface area (Å²) in [5.74, 6) is -1.52. The number of methoxy groups -OCH3 is 1. The standard InChI is InChI=1S/C11H16O6/c1-10-5-4-6(16-10)11(2,9(14)15-3)17-8(13)7(10)12/h6-7,12H,4-5H2,1-3H3/t6-,7+,10+,11-/m1/s1. The lowest BCUT2D eigenvalue weighted by atomic mass is 9.90. The average Bonchev–Trinajstić information content (AvgIpc) is 2.68. The number of rotatable bonds is 1. The molecule has 0 saturated carbocycles. The van der Waals surface area contributed by atoms with Crippen LogP contribution in [0.25, 0.3) is 0 Å². The molecule has 0 amide bonds. The maximum Gasteiger partial charge on any atom is 0.352 e. The van der Waals surface area contributed by atoms with Gasteiger partial charge in [0.25, 0.3) is 0 Å². The van der Waals surface area contributed by atoms with E-state index in [4.69, 9.17) is 9.47 Å². The third-order valence-electron chi connectivity index (χ3n) is 3.63. The SMILES string of the molecule is COC(=O)[C@]1(C)OC(=O)[C@H](O)[C@]2(C)CC[C@H]1O2. The second kappa shape index (κ2) is 3.68. The van der Waals surface area contributed by atoms with Gasteiger partial charge in [-0.25, -0.2) is 9.59 Å². The van der Waals surface area contributed by atoms with E-state index < -0.39 is 35.3 Å². The Bertz CT molecular complexity index is 367. The Kier molecular flexibility index (Phi) is 2.67. The summed E-state index contributed by atoms with van der Waals surface area (Å²) in [6.07, 6.45) is -0.924. The third-order valence-corrected chi connectivity index (χ3v) is 3.63. The number of aliphatic hydroxyl groups is 1. The number of ether oxygens (including phenoxy) is 3. The minimum Gasteiger partial charge on any atom is -0.466 e. The lowest BCUT2D eigenvalue weighted by molar-refractivity contribution is -0.189. The predicted octanol–water partition coefficient (Wildman–Crippen LogP) is -0.227. The van der Waals surface area contributed by atoms with Crippen molar-refractivity contribution >= 4 is 11.9 Å². The Morgan fingerprint density at radius 1 is 1.53 bits per heavy atom. The Labute approximate surface area is 98.8 Å². The highest BCUT2D eigenvalue weighted by Crippen LogP contribution is 2.42. The van der Waals surface area contributed by atoms with Crippen LogP contribution in [0.2, 0.25) is 0 Å². The van der Waals surface area contributed by atoms with Crippen molar-refractivity contribution in [3.8, 4) is 0 Å². The van der Waals surface area contributed by atoms with Crippen molar-refractivity contribution in [3.63, 3.8) is 0 Å². The van der Waals surface area contributed by atoms with Crippen molar-refractivity contribution < 1.29 is 28.9 Å². The van der Waals surface area contributed by atoms with E-state index in [2.05, 4.69) is 4.74 Å². The molecule has 0 spiro atoms. The van der Waals surface area contributed by atoms with E-state index in [0.717, 1.165) is 0 Å². The highest BCUT2D eigenvalue weighted by molar-refractivity contribution is 5.86. The van der Waals surface area contributed by atoms with Gasteiger partial charge in [-0.2, -0.15) is 0 Å². The zero-order valence-electron chi connectivity index (χ0n) is 10.1. The van der Waals surface area contributed by atoms with E-state index in [-0.39, 0.29) is 0 Å². The number of esters is 2. The number of aliphatic hydroxyl groups excluding tert-OH is 1. The van der Waals surface area contributed by atoms with Gasteiger partial charge in [-0.15, -0.1) is 0 Å². The van der Waals surface area contributed by atoms with Crippen molar-refractivity contribution in [1.29, 1.82) is 0 Å². The highest BCUT2D eigenvalue weighted by Gasteiger charge is 2.60. The van der Waals surface area contributed by atoms with Crippen LogP contribution in [0.4, 0.5) is 0 Å². The van der Waals surface area contributed by atoms with Gasteiger partial charge in [-0.1, -0.05) is 0 Å². The zero-order chi connectivity index (χ0) is 12.8. The molecule has 2 aliphatic rings. The molecular formula is C11H16O6. The van der Waals surface area contributed by atoms with Crippen molar-refractivity contribution in [2.24, 2.45) is 0 Å². The second-order valence-electron chi connectivity index (χ2n) is 4.88. The van der Waals surface area contributed by atoms with Gasteiger partial charge in [-0.3, -0.25) is 0 Å². The van der Waals surface area contributed by atoms with E-state index in [9.17, 15) is 14.7 Å². The van der Waals surface area contributed by atoms with Crippen molar-refractivity contribution in [2.75, 3.05) is 7.11 Å². The second-order valence-corrected chi connectivity index (χ2v) is 4.88. The van der Waals surface area contributed by atoms with Crippen LogP contribution in [-0.4, -0.2) is 47.6 Å². The number of cyclic esters (lactones) is 1. The van der Waals surface area contributed by atoms with Gasteiger partial charge < -0.3 is 19.3 Å². The van der Waals surface area contributed by atoms with E-state index in [1.54, 1.807) is 6.92 Å². The molecule has 17 heavy (non-hydrogen) atoms. The van der Waals surface area contributed by atoms with Crippen molar-refractivity contribution in [1.82, 2.24) is 0 Å². The Hall–Kier alpha value is -1.14. The molecule has 2 rings (SSSR count). The van der Waals surface area contributed by atoms with Crippen molar-refractivity contribution in [2.45, 2.75) is 50.1 Å². The fraction of sp³-hybridized carbons (Fsp3) is 0.818. The van der Waals surface area contributed by atoms with Gasteiger partial charge >= 0.3 is 11.9 Å². The average molecular weight is 244 g/mol. The summed E-state index contributed by atoms with van der Waals surface area (Å²) >= 11 is 0. The lowest BCUT2D eigenvalue weighted by Gasteiger charge is -2.30. The minimum absolute atomic E-state index is 0.501. The molecule has 96 valence electrons. The Balaban J connectivity index is 2.39. The van der Waals surface area contributed by atoms with E-state index in [1.165, 1.54) is 14.0 Å². The molecule has 2 fully saturated rings. The first kappa shape index (κ1) is 12.3. The Morgan fingerprint density at radius 3 is 2.76 bits per heavy atom. The first-order valence-corrected chi connectivity index (χ1v) is 5.50. The fourth-order valence-corrected chi connectivity index (χ4v) is 2.41. The molecule has 2 heterocycles. The molecule has 6 heteroatoms. The maximum absolute atomic E-state index is 11.7. The number of carbonyl (C=O) groups is 2. The van der Waals surface area contributed by atoms with Crippen LogP contribution < -0.4 is 0 Å². The monoisotopic (exact) mass is 244 g/mol. The normalized spacial score (nSPS) is 45.1. The lowest BCUT2D eigenvalue weighted by Crippen LogP contribution is -2.50. The summed E-state index contributed by atoms with van der Waals surface area (Å²) in [4.78, 5) is 23.4. The molecule has 0 aromatic carbocycles. The topological polar surface area (TPSA) is 82.1 Å². The minimum atomic E-state index is -1.49. The molecule has 4 atom stereocenters. The number of hydrogen-bond donors (Lipinski definition) is 1. The quantitative estimate of drug-likeness (QED) is 0.642. The summed E-state index contributed by atoms with van der Waals surface area (Å²) < 4.78 is 15.3. The summed E-state index contributed by atoms with van der Waals surface area (Å²) in [7, 11) is 1.22. The Morgan fingerprint density at radius 2 is 2.18 bits per heavy atom. The third kappa shape index (κ3) is 1.63. The van der Waals surface area contributed by atoms with Crippen LogP contribution in [0.3, 0.4) is 0 Å². The summed E-state index contributed by atoms with van der Waals surface area (Å²) in [5.41, 5.74) is -2.46.